The predicted molar refractivity (Wildman–Crippen MR) is 78.6 cm³/mol. The second kappa shape index (κ2) is 5.09. The van der Waals surface area contributed by atoms with Crippen LogP contribution in [0, 0.1) is 0 Å². The lowest BCUT2D eigenvalue weighted by molar-refractivity contribution is -0.125. The summed E-state index contributed by atoms with van der Waals surface area (Å²) in [5, 5.41) is 0. The maximum Gasteiger partial charge on any atom is 0.268 e. The lowest BCUT2D eigenvalue weighted by Crippen LogP contribution is -2.46. The molecule has 2 heterocycles. The number of amides is 1. The zero-order chi connectivity index (χ0) is 15.0. The third-order valence-corrected chi connectivity index (χ3v) is 3.53. The number of rotatable bonds is 3. The summed E-state index contributed by atoms with van der Waals surface area (Å²) in [5.41, 5.74) is 1.24. The first-order valence-corrected chi connectivity index (χ1v) is 6.78. The van der Waals surface area contributed by atoms with E-state index in [9.17, 15) is 9.59 Å². The number of aromatic nitrogens is 1. The molecule has 1 amide bonds. The van der Waals surface area contributed by atoms with Gasteiger partial charge in [-0.3, -0.25) is 14.5 Å². The summed E-state index contributed by atoms with van der Waals surface area (Å²) < 4.78 is 7.37. The lowest BCUT2D eigenvalue weighted by atomic mass is 10.1. The number of ether oxygens (including phenoxy) is 1. The Kier molecular flexibility index (Phi) is 3.25. The van der Waals surface area contributed by atoms with E-state index in [1.54, 1.807) is 31.3 Å². The molecule has 1 aromatic carbocycles. The fourth-order valence-corrected chi connectivity index (χ4v) is 2.43. The number of fused-ring (bicyclic) bond motifs is 1. The monoisotopic (exact) mass is 284 g/mol. The molecule has 3 rings (SSSR count). The molecule has 0 aliphatic carbocycles. The van der Waals surface area contributed by atoms with Crippen molar-refractivity contribution in [2.75, 3.05) is 11.4 Å². The Labute approximate surface area is 122 Å². The van der Waals surface area contributed by atoms with Gasteiger partial charge in [0, 0.05) is 25.0 Å². The minimum absolute atomic E-state index is 0.0214. The minimum atomic E-state index is -0.580. The average molecular weight is 284 g/mol. The summed E-state index contributed by atoms with van der Waals surface area (Å²) >= 11 is 0. The molecule has 2 aromatic rings. The van der Waals surface area contributed by atoms with Crippen molar-refractivity contribution >= 4 is 17.4 Å². The normalized spacial score (nSPS) is 17.3. The van der Waals surface area contributed by atoms with Crippen molar-refractivity contribution in [3.63, 3.8) is 0 Å². The summed E-state index contributed by atoms with van der Waals surface area (Å²) in [7, 11) is 1.86. The molecule has 0 spiro atoms. The molecule has 5 nitrogen and oxygen atoms in total. The van der Waals surface area contributed by atoms with Crippen molar-refractivity contribution in [3.8, 4) is 5.75 Å². The SMILES string of the molecule is CC1Oc2ccccc2N(CC(=O)c2ccn(C)c2)C1=O. The highest BCUT2D eigenvalue weighted by Gasteiger charge is 2.32. The van der Waals surface area contributed by atoms with Gasteiger partial charge >= 0.3 is 0 Å². The highest BCUT2D eigenvalue weighted by molar-refractivity contribution is 6.08. The number of carbonyl (C=O) groups is 2. The second-order valence-electron chi connectivity index (χ2n) is 5.14. The number of hydrogen-bond donors (Lipinski definition) is 0. The molecule has 0 bridgehead atoms. The van der Waals surface area contributed by atoms with E-state index in [0.29, 0.717) is 17.0 Å². The van der Waals surface area contributed by atoms with Crippen LogP contribution in [0.15, 0.2) is 42.7 Å². The Morgan fingerprint density at radius 2 is 2.05 bits per heavy atom. The fourth-order valence-electron chi connectivity index (χ4n) is 2.43. The summed E-state index contributed by atoms with van der Waals surface area (Å²) in [5.74, 6) is 0.344. The lowest BCUT2D eigenvalue weighted by Gasteiger charge is -2.32. The van der Waals surface area contributed by atoms with Crippen LogP contribution in [0.1, 0.15) is 17.3 Å². The van der Waals surface area contributed by atoms with Gasteiger partial charge in [-0.05, 0) is 25.1 Å². The van der Waals surface area contributed by atoms with Gasteiger partial charge in [-0.25, -0.2) is 0 Å². The maximum absolute atomic E-state index is 12.3. The smallest absolute Gasteiger partial charge is 0.268 e. The van der Waals surface area contributed by atoms with Crippen LogP contribution in [-0.2, 0) is 11.8 Å². The standard InChI is InChI=1S/C16H16N2O3/c1-11-16(20)18(13-5-3-4-6-15(13)21-11)10-14(19)12-7-8-17(2)9-12/h3-9,11H,10H2,1-2H3. The summed E-state index contributed by atoms with van der Waals surface area (Å²) in [6.07, 6.45) is 2.98. The van der Waals surface area contributed by atoms with Crippen LogP contribution in [0.2, 0.25) is 0 Å². The molecule has 0 N–H and O–H groups in total. The number of para-hydroxylation sites is 2. The summed E-state index contributed by atoms with van der Waals surface area (Å²) in [6, 6.07) is 9.02. The van der Waals surface area contributed by atoms with Crippen molar-refractivity contribution in [2.24, 2.45) is 7.05 Å². The number of benzene rings is 1. The summed E-state index contributed by atoms with van der Waals surface area (Å²) in [6.45, 7) is 1.71. The van der Waals surface area contributed by atoms with Crippen molar-refractivity contribution in [3.05, 3.63) is 48.3 Å². The molecular formula is C16H16N2O3. The van der Waals surface area contributed by atoms with Crippen molar-refractivity contribution in [1.82, 2.24) is 4.57 Å². The quantitative estimate of drug-likeness (QED) is 0.810. The van der Waals surface area contributed by atoms with Gasteiger partial charge in [-0.15, -0.1) is 0 Å². The molecule has 1 aromatic heterocycles. The van der Waals surface area contributed by atoms with Crippen LogP contribution >= 0.6 is 0 Å². The van der Waals surface area contributed by atoms with Gasteiger partial charge in [0.05, 0.1) is 12.2 Å². The molecule has 1 unspecified atom stereocenters. The van der Waals surface area contributed by atoms with Crippen LogP contribution in [0.4, 0.5) is 5.69 Å². The molecule has 0 saturated carbocycles. The number of anilines is 1. The Hall–Kier alpha value is -2.56. The van der Waals surface area contributed by atoms with Crippen molar-refractivity contribution in [1.29, 1.82) is 0 Å². The number of hydrogen-bond acceptors (Lipinski definition) is 3. The van der Waals surface area contributed by atoms with Crippen molar-refractivity contribution in [2.45, 2.75) is 13.0 Å². The predicted octanol–water partition coefficient (Wildman–Crippen LogP) is 2.02. The molecule has 5 heteroatoms. The van der Waals surface area contributed by atoms with Gasteiger partial charge in [0.25, 0.3) is 5.91 Å². The molecule has 0 radical (unpaired) electrons. The molecule has 21 heavy (non-hydrogen) atoms. The number of ketones is 1. The third-order valence-electron chi connectivity index (χ3n) is 3.53. The molecule has 1 aliphatic heterocycles. The van der Waals surface area contributed by atoms with E-state index in [1.165, 1.54) is 4.90 Å². The van der Waals surface area contributed by atoms with E-state index < -0.39 is 6.10 Å². The van der Waals surface area contributed by atoms with E-state index in [1.807, 2.05) is 29.9 Å². The van der Waals surface area contributed by atoms with Gasteiger partial charge in [0.15, 0.2) is 11.9 Å². The van der Waals surface area contributed by atoms with Crippen LogP contribution in [0.3, 0.4) is 0 Å². The minimum Gasteiger partial charge on any atom is -0.479 e. The molecule has 0 saturated heterocycles. The highest BCUT2D eigenvalue weighted by atomic mass is 16.5. The molecule has 1 atom stereocenters. The largest absolute Gasteiger partial charge is 0.479 e. The number of carbonyl (C=O) groups excluding carboxylic acids is 2. The third kappa shape index (κ3) is 2.42. The van der Waals surface area contributed by atoms with Gasteiger partial charge < -0.3 is 9.30 Å². The number of aryl methyl sites for hydroxylation is 1. The van der Waals surface area contributed by atoms with E-state index in [0.717, 1.165) is 0 Å². The van der Waals surface area contributed by atoms with Gasteiger partial charge in [-0.2, -0.15) is 0 Å². The van der Waals surface area contributed by atoms with Crippen LogP contribution in [-0.4, -0.2) is 28.9 Å². The second-order valence-corrected chi connectivity index (χ2v) is 5.14. The zero-order valence-electron chi connectivity index (χ0n) is 11.9. The highest BCUT2D eigenvalue weighted by Crippen LogP contribution is 2.33. The maximum atomic E-state index is 12.3. The Morgan fingerprint density at radius 3 is 2.76 bits per heavy atom. The molecule has 1 aliphatic rings. The van der Waals surface area contributed by atoms with Gasteiger partial charge in [-0.1, -0.05) is 12.1 Å². The molecular weight excluding hydrogens is 268 g/mol. The van der Waals surface area contributed by atoms with Crippen molar-refractivity contribution < 1.29 is 14.3 Å². The van der Waals surface area contributed by atoms with Gasteiger partial charge in [0.1, 0.15) is 5.75 Å². The first-order valence-electron chi connectivity index (χ1n) is 6.78. The number of Topliss-reactive ketones (excluding diaryl/α,β-unsaturated/α-hetero) is 1. The fraction of sp³-hybridized carbons (Fsp3) is 0.250. The summed E-state index contributed by atoms with van der Waals surface area (Å²) in [4.78, 5) is 26.1. The van der Waals surface area contributed by atoms with E-state index >= 15 is 0 Å². The average Bonchev–Trinajstić information content (AvgIpc) is 2.90. The van der Waals surface area contributed by atoms with E-state index in [4.69, 9.17) is 4.74 Å². The van der Waals surface area contributed by atoms with Crippen LogP contribution in [0.25, 0.3) is 0 Å². The number of nitrogens with zero attached hydrogens (tertiary/aromatic N) is 2. The Morgan fingerprint density at radius 1 is 1.29 bits per heavy atom. The topological polar surface area (TPSA) is 51.5 Å². The molecule has 108 valence electrons. The van der Waals surface area contributed by atoms with E-state index in [2.05, 4.69) is 0 Å². The van der Waals surface area contributed by atoms with Crippen LogP contribution < -0.4 is 9.64 Å². The first-order chi connectivity index (χ1) is 10.1. The zero-order valence-corrected chi connectivity index (χ0v) is 11.9. The van der Waals surface area contributed by atoms with Gasteiger partial charge in [0.2, 0.25) is 0 Å². The Bertz CT molecular complexity index is 705. The Balaban J connectivity index is 1.90. The first kappa shape index (κ1) is 13.4. The van der Waals surface area contributed by atoms with Crippen LogP contribution in [0.5, 0.6) is 5.75 Å². The molecule has 0 fully saturated rings. The van der Waals surface area contributed by atoms with E-state index in [-0.39, 0.29) is 18.2 Å².